The normalized spacial score (nSPS) is 24.3. The average Bonchev–Trinajstić information content (AvgIpc) is 3.13. The molecule has 0 spiro atoms. The molecular formula is C14H18BrClN2. The number of benzene rings is 1. The van der Waals surface area contributed by atoms with E-state index in [4.69, 9.17) is 11.6 Å². The summed E-state index contributed by atoms with van der Waals surface area (Å²) in [6, 6.07) is 7.51. The molecule has 1 aromatic rings. The zero-order valence-electron chi connectivity index (χ0n) is 10.3. The van der Waals surface area contributed by atoms with Gasteiger partial charge in [-0.05, 0) is 59.8 Å². The highest BCUT2D eigenvalue weighted by Gasteiger charge is 2.28. The fourth-order valence-corrected chi connectivity index (χ4v) is 3.59. The molecule has 1 heterocycles. The van der Waals surface area contributed by atoms with E-state index >= 15 is 0 Å². The van der Waals surface area contributed by atoms with Crippen LogP contribution in [0, 0.1) is 0 Å². The van der Waals surface area contributed by atoms with Crippen molar-refractivity contribution in [3.63, 3.8) is 0 Å². The third kappa shape index (κ3) is 3.01. The zero-order valence-corrected chi connectivity index (χ0v) is 12.7. The maximum atomic E-state index is 6.00. The quantitative estimate of drug-likeness (QED) is 0.907. The van der Waals surface area contributed by atoms with Crippen molar-refractivity contribution in [2.75, 3.05) is 18.0 Å². The van der Waals surface area contributed by atoms with Gasteiger partial charge in [-0.15, -0.1) is 0 Å². The van der Waals surface area contributed by atoms with Crippen molar-refractivity contribution in [3.8, 4) is 0 Å². The van der Waals surface area contributed by atoms with Gasteiger partial charge in [0.2, 0.25) is 0 Å². The van der Waals surface area contributed by atoms with Crippen LogP contribution in [0.25, 0.3) is 0 Å². The summed E-state index contributed by atoms with van der Waals surface area (Å²) in [6.45, 7) is 2.25. The molecule has 1 N–H and O–H groups in total. The van der Waals surface area contributed by atoms with E-state index in [1.54, 1.807) is 0 Å². The first-order valence-corrected chi connectivity index (χ1v) is 7.85. The second-order valence-corrected chi connectivity index (χ2v) is 6.61. The predicted octanol–water partition coefficient (Wildman–Crippen LogP) is 3.82. The van der Waals surface area contributed by atoms with E-state index in [1.165, 1.54) is 31.4 Å². The Labute approximate surface area is 122 Å². The summed E-state index contributed by atoms with van der Waals surface area (Å²) in [5.41, 5.74) is 1.27. The van der Waals surface area contributed by atoms with Gasteiger partial charge in [-0.25, -0.2) is 0 Å². The molecule has 1 aliphatic carbocycles. The van der Waals surface area contributed by atoms with Crippen LogP contribution in [0.3, 0.4) is 0 Å². The van der Waals surface area contributed by atoms with Crippen LogP contribution in [0.2, 0.25) is 5.02 Å². The lowest BCUT2D eigenvalue weighted by molar-refractivity contribution is 0.420. The lowest BCUT2D eigenvalue weighted by Crippen LogP contribution is -2.46. The van der Waals surface area contributed by atoms with Gasteiger partial charge in [0, 0.05) is 34.7 Å². The Morgan fingerprint density at radius 1 is 1.22 bits per heavy atom. The van der Waals surface area contributed by atoms with Crippen LogP contribution in [0.15, 0.2) is 22.7 Å². The fraction of sp³-hybridized carbons (Fsp3) is 0.571. The number of piperidine rings is 1. The molecule has 4 heteroatoms. The first-order chi connectivity index (χ1) is 8.72. The molecule has 1 atom stereocenters. The van der Waals surface area contributed by atoms with Gasteiger partial charge in [0.25, 0.3) is 0 Å². The van der Waals surface area contributed by atoms with E-state index in [1.807, 2.05) is 12.1 Å². The van der Waals surface area contributed by atoms with E-state index in [0.29, 0.717) is 6.04 Å². The Morgan fingerprint density at radius 3 is 2.78 bits per heavy atom. The molecule has 1 aromatic carbocycles. The molecule has 1 unspecified atom stereocenters. The van der Waals surface area contributed by atoms with Gasteiger partial charge in [0.15, 0.2) is 0 Å². The Balaban J connectivity index is 1.70. The van der Waals surface area contributed by atoms with Gasteiger partial charge >= 0.3 is 0 Å². The average molecular weight is 330 g/mol. The van der Waals surface area contributed by atoms with Gasteiger partial charge in [0.1, 0.15) is 0 Å². The second-order valence-electron chi connectivity index (χ2n) is 5.32. The molecule has 2 fully saturated rings. The van der Waals surface area contributed by atoms with Crippen molar-refractivity contribution < 1.29 is 0 Å². The van der Waals surface area contributed by atoms with E-state index in [9.17, 15) is 0 Å². The van der Waals surface area contributed by atoms with Gasteiger partial charge in [-0.2, -0.15) is 0 Å². The van der Waals surface area contributed by atoms with Crippen LogP contribution in [0.5, 0.6) is 0 Å². The third-order valence-corrected chi connectivity index (χ3v) is 4.59. The summed E-state index contributed by atoms with van der Waals surface area (Å²) in [5, 5.41) is 4.53. The van der Waals surface area contributed by atoms with Crippen LogP contribution >= 0.6 is 27.5 Å². The number of anilines is 1. The molecule has 0 aromatic heterocycles. The van der Waals surface area contributed by atoms with E-state index in [-0.39, 0.29) is 0 Å². The molecule has 2 nitrogen and oxygen atoms in total. The number of hydrogen-bond acceptors (Lipinski definition) is 2. The SMILES string of the molecule is Clc1ccc(N2CCCC(NC3CC3)C2)c(Br)c1. The lowest BCUT2D eigenvalue weighted by Gasteiger charge is -2.35. The maximum absolute atomic E-state index is 6.00. The van der Waals surface area contributed by atoms with Crippen LogP contribution < -0.4 is 10.2 Å². The second kappa shape index (κ2) is 5.40. The molecule has 0 radical (unpaired) electrons. The standard InChI is InChI=1S/C14H18BrClN2/c15-13-8-10(16)3-6-14(13)18-7-1-2-12(9-18)17-11-4-5-11/h3,6,8,11-12,17H,1-2,4-5,7,9H2. The zero-order chi connectivity index (χ0) is 12.5. The van der Waals surface area contributed by atoms with E-state index in [2.05, 4.69) is 32.2 Å². The van der Waals surface area contributed by atoms with Crippen LogP contribution in [-0.2, 0) is 0 Å². The van der Waals surface area contributed by atoms with Gasteiger partial charge in [-0.1, -0.05) is 11.6 Å². The van der Waals surface area contributed by atoms with E-state index < -0.39 is 0 Å². The molecule has 0 amide bonds. The summed E-state index contributed by atoms with van der Waals surface area (Å²) in [4.78, 5) is 2.46. The van der Waals surface area contributed by atoms with Gasteiger partial charge < -0.3 is 10.2 Å². The van der Waals surface area contributed by atoms with Crippen molar-refractivity contribution in [3.05, 3.63) is 27.7 Å². The van der Waals surface area contributed by atoms with Gasteiger partial charge in [0.05, 0.1) is 5.69 Å². The summed E-state index contributed by atoms with van der Waals surface area (Å²) >= 11 is 9.62. The number of rotatable bonds is 3. The minimum atomic E-state index is 0.647. The highest BCUT2D eigenvalue weighted by molar-refractivity contribution is 9.10. The first kappa shape index (κ1) is 12.8. The molecule has 3 rings (SSSR count). The first-order valence-electron chi connectivity index (χ1n) is 6.68. The number of halogens is 2. The minimum Gasteiger partial charge on any atom is -0.369 e. The summed E-state index contributed by atoms with van der Waals surface area (Å²) in [6.07, 6.45) is 5.29. The smallest absolute Gasteiger partial charge is 0.0512 e. The van der Waals surface area contributed by atoms with Crippen LogP contribution in [-0.4, -0.2) is 25.2 Å². The minimum absolute atomic E-state index is 0.647. The number of nitrogens with one attached hydrogen (secondary N) is 1. The summed E-state index contributed by atoms with van der Waals surface area (Å²) in [5.74, 6) is 0. The number of hydrogen-bond donors (Lipinski definition) is 1. The Bertz CT molecular complexity index is 434. The van der Waals surface area contributed by atoms with E-state index in [0.717, 1.165) is 28.6 Å². The monoisotopic (exact) mass is 328 g/mol. The van der Waals surface area contributed by atoms with Crippen molar-refractivity contribution >= 4 is 33.2 Å². The molecule has 0 bridgehead atoms. The van der Waals surface area contributed by atoms with Crippen molar-refractivity contribution in [1.29, 1.82) is 0 Å². The summed E-state index contributed by atoms with van der Waals surface area (Å²) in [7, 11) is 0. The van der Waals surface area contributed by atoms with Crippen molar-refractivity contribution in [2.45, 2.75) is 37.8 Å². The molecule has 1 saturated carbocycles. The molecule has 2 aliphatic rings. The van der Waals surface area contributed by atoms with Crippen LogP contribution in [0.4, 0.5) is 5.69 Å². The third-order valence-electron chi connectivity index (χ3n) is 3.72. The van der Waals surface area contributed by atoms with Crippen molar-refractivity contribution in [2.24, 2.45) is 0 Å². The van der Waals surface area contributed by atoms with Crippen molar-refractivity contribution in [1.82, 2.24) is 5.32 Å². The Hall–Kier alpha value is -0.250. The lowest BCUT2D eigenvalue weighted by atomic mass is 10.0. The predicted molar refractivity (Wildman–Crippen MR) is 80.5 cm³/mol. The Kier molecular flexibility index (Phi) is 3.83. The van der Waals surface area contributed by atoms with Gasteiger partial charge in [-0.3, -0.25) is 0 Å². The number of nitrogens with zero attached hydrogens (tertiary/aromatic N) is 1. The Morgan fingerprint density at radius 2 is 2.06 bits per heavy atom. The summed E-state index contributed by atoms with van der Waals surface area (Å²) < 4.78 is 1.10. The highest BCUT2D eigenvalue weighted by atomic mass is 79.9. The molecule has 1 saturated heterocycles. The van der Waals surface area contributed by atoms with Crippen LogP contribution in [0.1, 0.15) is 25.7 Å². The molecular weight excluding hydrogens is 312 g/mol. The topological polar surface area (TPSA) is 15.3 Å². The fourth-order valence-electron chi connectivity index (χ4n) is 2.65. The molecule has 98 valence electrons. The maximum Gasteiger partial charge on any atom is 0.0512 e. The highest BCUT2D eigenvalue weighted by Crippen LogP contribution is 2.31. The molecule has 1 aliphatic heterocycles. The largest absolute Gasteiger partial charge is 0.369 e. The molecule has 18 heavy (non-hydrogen) atoms.